The number of benzene rings is 1. The Morgan fingerprint density at radius 2 is 1.91 bits per heavy atom. The van der Waals surface area contributed by atoms with E-state index in [0.29, 0.717) is 12.4 Å². The van der Waals surface area contributed by atoms with Gasteiger partial charge in [-0.3, -0.25) is 4.79 Å². The largest absolute Gasteiger partial charge is 0.504 e. The van der Waals surface area contributed by atoms with Crippen molar-refractivity contribution in [3.05, 3.63) is 48.2 Å². The third-order valence-electron chi connectivity index (χ3n) is 8.21. The van der Waals surface area contributed by atoms with Gasteiger partial charge in [-0.1, -0.05) is 6.92 Å². The van der Waals surface area contributed by atoms with Gasteiger partial charge in [0.1, 0.15) is 5.82 Å². The summed E-state index contributed by atoms with van der Waals surface area (Å²) in [5.41, 5.74) is -2.08. The van der Waals surface area contributed by atoms with Crippen LogP contribution in [0.5, 0.6) is 17.4 Å². The number of amides is 1. The third kappa shape index (κ3) is 6.14. The van der Waals surface area contributed by atoms with Crippen LogP contribution >= 0.6 is 0 Å². The van der Waals surface area contributed by atoms with Crippen LogP contribution in [0.1, 0.15) is 56.8 Å². The van der Waals surface area contributed by atoms with Gasteiger partial charge in [0.05, 0.1) is 29.6 Å². The van der Waals surface area contributed by atoms with Crippen LogP contribution in [0.4, 0.5) is 19.0 Å². The first-order chi connectivity index (χ1) is 20.5. The topological polar surface area (TPSA) is 136 Å². The Morgan fingerprint density at radius 1 is 1.18 bits per heavy atom. The number of hydrogen-bond acceptors (Lipinski definition) is 9. The van der Waals surface area contributed by atoms with Crippen LogP contribution in [0.25, 0.3) is 5.82 Å². The lowest BCUT2D eigenvalue weighted by molar-refractivity contribution is -0.190. The molecule has 1 saturated heterocycles. The van der Waals surface area contributed by atoms with Crippen LogP contribution in [0.2, 0.25) is 0 Å². The highest BCUT2D eigenvalue weighted by atomic mass is 32.2. The number of rotatable bonds is 10. The molecule has 0 radical (unpaired) electrons. The number of aromatic hydroxyl groups is 1. The summed E-state index contributed by atoms with van der Waals surface area (Å²) < 4.78 is 79.9. The molecular weight excluding hydrogens is 603 g/mol. The monoisotopic (exact) mass is 637 g/mol. The van der Waals surface area contributed by atoms with Crippen LogP contribution in [-0.4, -0.2) is 66.2 Å². The lowest BCUT2D eigenvalue weighted by Crippen LogP contribution is -2.41. The quantitative estimate of drug-likeness (QED) is 0.320. The number of phenols is 1. The van der Waals surface area contributed by atoms with Gasteiger partial charge in [-0.15, -0.1) is 5.10 Å². The SMILES string of the molecule is COc1cc(S(=O)(=O)NC(=O)c2ccc(-n3ccc(OCCC4(C(F)(F)F)CC4)n3)nc2N2C[C@@H](C)CC2(C)C)ccc1O. The predicted octanol–water partition coefficient (Wildman–Crippen LogP) is 4.84. The van der Waals surface area contributed by atoms with E-state index >= 15 is 0 Å². The fourth-order valence-corrected chi connectivity index (χ4v) is 6.64. The maximum Gasteiger partial charge on any atom is 0.394 e. The lowest BCUT2D eigenvalue weighted by Gasteiger charge is -2.34. The summed E-state index contributed by atoms with van der Waals surface area (Å²) in [4.78, 5) is 19.9. The van der Waals surface area contributed by atoms with Crippen LogP contribution in [0, 0.1) is 11.3 Å². The molecule has 2 N–H and O–H groups in total. The number of aromatic nitrogens is 3. The zero-order valence-electron chi connectivity index (χ0n) is 24.7. The van der Waals surface area contributed by atoms with Gasteiger partial charge in [0.25, 0.3) is 15.9 Å². The number of anilines is 1. The number of nitrogens with one attached hydrogen (secondary N) is 1. The molecular formula is C29H34F3N5O6S. The molecule has 0 unspecified atom stereocenters. The second-order valence-electron chi connectivity index (χ2n) is 12.0. The van der Waals surface area contributed by atoms with E-state index in [0.717, 1.165) is 24.6 Å². The molecule has 2 aromatic heterocycles. The summed E-state index contributed by atoms with van der Waals surface area (Å²) >= 11 is 0. The standard InChI is InChI=1S/C29H34F3N5O6S/c1-18-16-27(2,3)36(17-18)25-20(26(39)35-44(40,41)19-5-7-21(38)22(15-19)42-4)6-8-23(33-25)37-13-9-24(34-37)43-14-12-28(10-11-28)29(30,31)32/h5-9,13,15,18,38H,10-12,14,16-17H2,1-4H3,(H,35,39)/t18-/m0/s1. The maximum atomic E-state index is 13.5. The summed E-state index contributed by atoms with van der Waals surface area (Å²) in [5, 5.41) is 14.1. The van der Waals surface area contributed by atoms with E-state index in [-0.39, 0.29) is 65.4 Å². The number of hydrogen-bond donors (Lipinski definition) is 2. The second kappa shape index (κ2) is 11.2. The Kier molecular flexibility index (Phi) is 7.97. The third-order valence-corrected chi connectivity index (χ3v) is 9.54. The molecule has 1 aliphatic carbocycles. The average Bonchev–Trinajstić information content (AvgIpc) is 3.51. The molecule has 1 saturated carbocycles. The van der Waals surface area contributed by atoms with E-state index in [1.807, 2.05) is 18.7 Å². The molecule has 15 heteroatoms. The Morgan fingerprint density at radius 3 is 2.52 bits per heavy atom. The number of methoxy groups -OCH3 is 1. The van der Waals surface area contributed by atoms with Gasteiger partial charge in [0.2, 0.25) is 5.88 Å². The Bertz CT molecular complexity index is 1670. The van der Waals surface area contributed by atoms with Gasteiger partial charge in [0.15, 0.2) is 17.3 Å². The Hall–Kier alpha value is -4.01. The van der Waals surface area contributed by atoms with Gasteiger partial charge in [-0.05, 0) is 69.7 Å². The molecule has 5 rings (SSSR count). The molecule has 1 aliphatic heterocycles. The summed E-state index contributed by atoms with van der Waals surface area (Å²) in [6.07, 6.45) is -1.89. The number of alkyl halides is 3. The van der Waals surface area contributed by atoms with Crippen molar-refractivity contribution < 1.29 is 41.0 Å². The zero-order valence-corrected chi connectivity index (χ0v) is 25.5. The molecule has 0 bridgehead atoms. The van der Waals surface area contributed by atoms with Gasteiger partial charge < -0.3 is 19.5 Å². The fourth-order valence-electron chi connectivity index (χ4n) is 5.66. The number of pyridine rings is 1. The first-order valence-corrected chi connectivity index (χ1v) is 15.5. The van der Waals surface area contributed by atoms with E-state index in [1.165, 1.54) is 36.2 Å². The van der Waals surface area contributed by atoms with Crippen molar-refractivity contribution in [2.24, 2.45) is 11.3 Å². The van der Waals surface area contributed by atoms with Crippen molar-refractivity contribution in [1.29, 1.82) is 0 Å². The molecule has 3 aromatic rings. The normalized spacial score (nSPS) is 19.1. The van der Waals surface area contributed by atoms with Crippen molar-refractivity contribution in [3.63, 3.8) is 0 Å². The van der Waals surface area contributed by atoms with Crippen LogP contribution in [0.15, 0.2) is 47.5 Å². The molecule has 1 amide bonds. The molecule has 3 heterocycles. The number of carbonyl (C=O) groups is 1. The highest BCUT2D eigenvalue weighted by Gasteiger charge is 2.62. The predicted molar refractivity (Wildman–Crippen MR) is 154 cm³/mol. The number of sulfonamides is 1. The highest BCUT2D eigenvalue weighted by Crippen LogP contribution is 2.59. The minimum atomic E-state index is -4.36. The van der Waals surface area contributed by atoms with E-state index in [9.17, 15) is 31.5 Å². The Labute approximate surface area is 253 Å². The summed E-state index contributed by atoms with van der Waals surface area (Å²) in [7, 11) is -3.09. The second-order valence-corrected chi connectivity index (χ2v) is 13.7. The fraction of sp³-hybridized carbons (Fsp3) is 0.483. The smallest absolute Gasteiger partial charge is 0.394 e. The highest BCUT2D eigenvalue weighted by molar-refractivity contribution is 7.90. The summed E-state index contributed by atoms with van der Waals surface area (Å²) in [6.45, 7) is 6.48. The van der Waals surface area contributed by atoms with E-state index in [2.05, 4.69) is 16.7 Å². The van der Waals surface area contributed by atoms with Crippen molar-refractivity contribution in [3.8, 4) is 23.2 Å². The average molecular weight is 638 g/mol. The van der Waals surface area contributed by atoms with Crippen molar-refractivity contribution >= 4 is 21.7 Å². The first-order valence-electron chi connectivity index (χ1n) is 14.0. The van der Waals surface area contributed by atoms with Crippen LogP contribution < -0.4 is 19.1 Å². The van der Waals surface area contributed by atoms with Crippen molar-refractivity contribution in [2.45, 2.75) is 63.1 Å². The van der Waals surface area contributed by atoms with E-state index < -0.39 is 33.1 Å². The number of ether oxygens (including phenoxy) is 2. The molecule has 1 aromatic carbocycles. The molecule has 0 spiro atoms. The van der Waals surface area contributed by atoms with E-state index in [1.54, 1.807) is 0 Å². The zero-order chi connectivity index (χ0) is 32.1. The number of carbonyl (C=O) groups excluding carboxylic acids is 1. The molecule has 2 fully saturated rings. The molecule has 44 heavy (non-hydrogen) atoms. The van der Waals surface area contributed by atoms with Crippen LogP contribution in [-0.2, 0) is 10.0 Å². The van der Waals surface area contributed by atoms with Crippen molar-refractivity contribution in [1.82, 2.24) is 19.5 Å². The number of phenolic OH excluding ortho intramolecular Hbond substituents is 1. The lowest BCUT2D eigenvalue weighted by atomic mass is 9.97. The number of nitrogens with zero attached hydrogens (tertiary/aromatic N) is 4. The van der Waals surface area contributed by atoms with Crippen LogP contribution in [0.3, 0.4) is 0 Å². The number of halogens is 3. The van der Waals surface area contributed by atoms with E-state index in [4.69, 9.17) is 14.5 Å². The van der Waals surface area contributed by atoms with Gasteiger partial charge >= 0.3 is 6.18 Å². The van der Waals surface area contributed by atoms with Crippen molar-refractivity contribution in [2.75, 3.05) is 25.2 Å². The molecule has 11 nitrogen and oxygen atoms in total. The molecule has 238 valence electrons. The van der Waals surface area contributed by atoms with Gasteiger partial charge in [0, 0.05) is 30.4 Å². The first kappa shape index (κ1) is 31.4. The molecule has 2 aliphatic rings. The summed E-state index contributed by atoms with van der Waals surface area (Å²) in [5.74, 6) is -0.326. The minimum Gasteiger partial charge on any atom is -0.504 e. The minimum absolute atomic E-state index is 0.00996. The Balaban J connectivity index is 1.41. The maximum absolute atomic E-state index is 13.5. The summed E-state index contributed by atoms with van der Waals surface area (Å²) in [6, 6.07) is 7.84. The molecule has 1 atom stereocenters. The van der Waals surface area contributed by atoms with Gasteiger partial charge in [-0.25, -0.2) is 22.8 Å². The van der Waals surface area contributed by atoms with Gasteiger partial charge in [-0.2, -0.15) is 13.2 Å².